The van der Waals surface area contributed by atoms with Crippen LogP contribution in [0.25, 0.3) is 0 Å². The molecular weight excluding hydrogens is 318 g/mol. The minimum Gasteiger partial charge on any atom is -0.355 e. The van der Waals surface area contributed by atoms with Crippen molar-refractivity contribution in [2.45, 2.75) is 31.7 Å². The van der Waals surface area contributed by atoms with Gasteiger partial charge in [-0.25, -0.2) is 0 Å². The number of rotatable bonds is 7. The van der Waals surface area contributed by atoms with E-state index in [0.717, 1.165) is 29.2 Å². The molecule has 0 unspecified atom stereocenters. The second-order valence-corrected chi connectivity index (χ2v) is 6.58. The monoisotopic (exact) mass is 337 g/mol. The molecular formula is C16H20ClN3OS. The molecule has 0 fully saturated rings. The van der Waals surface area contributed by atoms with Crippen LogP contribution < -0.4 is 5.32 Å². The summed E-state index contributed by atoms with van der Waals surface area (Å²) in [6, 6.07) is 9.56. The zero-order valence-corrected chi connectivity index (χ0v) is 14.4. The molecule has 1 aromatic heterocycles. The van der Waals surface area contributed by atoms with Crippen LogP contribution in [0.15, 0.2) is 35.2 Å². The quantitative estimate of drug-likeness (QED) is 0.621. The Morgan fingerprint density at radius 3 is 2.68 bits per heavy atom. The average Bonchev–Trinajstić information content (AvgIpc) is 2.81. The van der Waals surface area contributed by atoms with Gasteiger partial charge >= 0.3 is 0 Å². The Morgan fingerprint density at radius 2 is 2.05 bits per heavy atom. The van der Waals surface area contributed by atoms with Crippen molar-refractivity contribution < 1.29 is 4.79 Å². The molecule has 4 nitrogen and oxygen atoms in total. The molecule has 6 heteroatoms. The molecule has 0 saturated carbocycles. The summed E-state index contributed by atoms with van der Waals surface area (Å²) in [7, 11) is 0. The molecule has 0 spiro atoms. The molecule has 0 aliphatic rings. The van der Waals surface area contributed by atoms with Crippen molar-refractivity contribution in [3.8, 4) is 0 Å². The third-order valence-corrected chi connectivity index (χ3v) is 4.42. The van der Waals surface area contributed by atoms with Crippen molar-refractivity contribution in [3.05, 3.63) is 46.7 Å². The molecule has 0 bridgehead atoms. The van der Waals surface area contributed by atoms with Crippen molar-refractivity contribution in [3.63, 3.8) is 0 Å². The summed E-state index contributed by atoms with van der Waals surface area (Å²) in [5.74, 6) is 0.468. The van der Waals surface area contributed by atoms with Gasteiger partial charge in [0.1, 0.15) is 0 Å². The molecule has 1 aromatic carbocycles. The van der Waals surface area contributed by atoms with Crippen molar-refractivity contribution in [2.75, 3.05) is 12.3 Å². The lowest BCUT2D eigenvalue weighted by atomic mass is 10.4. The zero-order valence-electron chi connectivity index (χ0n) is 12.8. The van der Waals surface area contributed by atoms with Crippen LogP contribution in [0.3, 0.4) is 0 Å². The number of halogens is 1. The summed E-state index contributed by atoms with van der Waals surface area (Å²) in [6.07, 6.45) is 0.874. The Kier molecular flexibility index (Phi) is 6.34. The molecule has 2 aromatic rings. The molecule has 1 N–H and O–H groups in total. The number of nitrogens with one attached hydrogen (secondary N) is 1. The molecule has 118 valence electrons. The smallest absolute Gasteiger partial charge is 0.230 e. The minimum absolute atomic E-state index is 0.0494. The second-order valence-electron chi connectivity index (χ2n) is 5.10. The van der Waals surface area contributed by atoms with Gasteiger partial charge in [0.25, 0.3) is 0 Å². The lowest BCUT2D eigenvalue weighted by Gasteiger charge is -2.07. The summed E-state index contributed by atoms with van der Waals surface area (Å²) in [5.41, 5.74) is 2.18. The van der Waals surface area contributed by atoms with Crippen LogP contribution in [0.2, 0.25) is 5.02 Å². The van der Waals surface area contributed by atoms with Crippen molar-refractivity contribution in [1.82, 2.24) is 15.1 Å². The Morgan fingerprint density at radius 1 is 1.32 bits per heavy atom. The number of benzene rings is 1. The first-order valence-electron chi connectivity index (χ1n) is 7.21. The number of nitrogens with zero attached hydrogens (tertiary/aromatic N) is 2. The van der Waals surface area contributed by atoms with Crippen LogP contribution in [0.4, 0.5) is 0 Å². The van der Waals surface area contributed by atoms with E-state index in [1.807, 2.05) is 42.8 Å². The number of aryl methyl sites for hydroxylation is 3. The largest absolute Gasteiger partial charge is 0.355 e. The number of carbonyl (C=O) groups is 1. The van der Waals surface area contributed by atoms with E-state index in [4.69, 9.17) is 11.6 Å². The lowest BCUT2D eigenvalue weighted by molar-refractivity contribution is -0.118. The summed E-state index contributed by atoms with van der Waals surface area (Å²) in [6.45, 7) is 5.52. The maximum atomic E-state index is 11.8. The number of thioether (sulfide) groups is 1. The highest BCUT2D eigenvalue weighted by molar-refractivity contribution is 8.00. The van der Waals surface area contributed by atoms with Crippen LogP contribution in [-0.4, -0.2) is 28.0 Å². The molecule has 1 heterocycles. The number of hydrogen-bond donors (Lipinski definition) is 1. The van der Waals surface area contributed by atoms with E-state index >= 15 is 0 Å². The van der Waals surface area contributed by atoms with Gasteiger partial charge in [0, 0.05) is 28.7 Å². The normalized spacial score (nSPS) is 10.7. The second kappa shape index (κ2) is 8.25. The van der Waals surface area contributed by atoms with Crippen molar-refractivity contribution in [1.29, 1.82) is 0 Å². The standard InChI is InChI=1S/C16H20ClN3OS/c1-12-10-13(2)20(19-12)9-3-8-18-16(21)11-22-15-6-4-14(17)5-7-15/h4-7,10H,3,8-9,11H2,1-2H3,(H,18,21). The summed E-state index contributed by atoms with van der Waals surface area (Å²) >= 11 is 7.34. The van der Waals surface area contributed by atoms with Gasteiger partial charge in [0.15, 0.2) is 0 Å². The molecule has 0 aliphatic carbocycles. The Labute approximate surface area is 140 Å². The average molecular weight is 338 g/mol. The van der Waals surface area contributed by atoms with Gasteiger partial charge in [0.05, 0.1) is 11.4 Å². The predicted molar refractivity (Wildman–Crippen MR) is 91.5 cm³/mol. The van der Waals surface area contributed by atoms with Gasteiger partial charge in [-0.1, -0.05) is 11.6 Å². The number of carbonyl (C=O) groups excluding carboxylic acids is 1. The molecule has 0 atom stereocenters. The van der Waals surface area contributed by atoms with Crippen LogP contribution >= 0.6 is 23.4 Å². The van der Waals surface area contributed by atoms with Gasteiger partial charge in [-0.15, -0.1) is 11.8 Å². The molecule has 0 saturated heterocycles. The summed E-state index contributed by atoms with van der Waals surface area (Å²) in [5, 5.41) is 8.04. The topological polar surface area (TPSA) is 46.9 Å². The molecule has 0 radical (unpaired) electrons. The molecule has 2 rings (SSSR count). The van der Waals surface area contributed by atoms with E-state index in [-0.39, 0.29) is 5.91 Å². The third kappa shape index (κ3) is 5.39. The van der Waals surface area contributed by atoms with E-state index in [1.165, 1.54) is 11.8 Å². The number of aromatic nitrogens is 2. The van der Waals surface area contributed by atoms with E-state index in [9.17, 15) is 4.79 Å². The predicted octanol–water partition coefficient (Wildman–Crippen LogP) is 3.45. The van der Waals surface area contributed by atoms with Crippen molar-refractivity contribution in [2.24, 2.45) is 0 Å². The Balaban J connectivity index is 1.63. The van der Waals surface area contributed by atoms with Crippen LogP contribution in [0.5, 0.6) is 0 Å². The van der Waals surface area contributed by atoms with Gasteiger partial charge < -0.3 is 5.32 Å². The Bertz CT molecular complexity index is 625. The molecule has 22 heavy (non-hydrogen) atoms. The fourth-order valence-electron chi connectivity index (χ4n) is 2.09. The van der Waals surface area contributed by atoms with Crippen LogP contribution in [0, 0.1) is 13.8 Å². The van der Waals surface area contributed by atoms with Crippen LogP contribution in [0.1, 0.15) is 17.8 Å². The van der Waals surface area contributed by atoms with E-state index < -0.39 is 0 Å². The molecule has 0 aliphatic heterocycles. The maximum Gasteiger partial charge on any atom is 0.230 e. The number of hydrogen-bond acceptors (Lipinski definition) is 3. The fourth-order valence-corrected chi connectivity index (χ4v) is 2.94. The first-order chi connectivity index (χ1) is 10.5. The first kappa shape index (κ1) is 16.9. The number of amides is 1. The SMILES string of the molecule is Cc1cc(C)n(CCCNC(=O)CSc2ccc(Cl)cc2)n1. The van der Waals surface area contributed by atoms with Gasteiger partial charge in [-0.2, -0.15) is 5.10 Å². The highest BCUT2D eigenvalue weighted by atomic mass is 35.5. The van der Waals surface area contributed by atoms with Gasteiger partial charge in [-0.3, -0.25) is 9.48 Å². The minimum atomic E-state index is 0.0494. The summed E-state index contributed by atoms with van der Waals surface area (Å²) in [4.78, 5) is 12.8. The van der Waals surface area contributed by atoms with Gasteiger partial charge in [-0.05, 0) is 50.6 Å². The zero-order chi connectivity index (χ0) is 15.9. The third-order valence-electron chi connectivity index (χ3n) is 3.16. The van der Waals surface area contributed by atoms with E-state index in [1.54, 1.807) is 0 Å². The first-order valence-corrected chi connectivity index (χ1v) is 8.57. The van der Waals surface area contributed by atoms with Gasteiger partial charge in [0.2, 0.25) is 5.91 Å². The lowest BCUT2D eigenvalue weighted by Crippen LogP contribution is -2.27. The van der Waals surface area contributed by atoms with E-state index in [2.05, 4.69) is 16.5 Å². The van der Waals surface area contributed by atoms with Crippen LogP contribution in [-0.2, 0) is 11.3 Å². The van der Waals surface area contributed by atoms with Crippen molar-refractivity contribution >= 4 is 29.3 Å². The highest BCUT2D eigenvalue weighted by Crippen LogP contribution is 2.19. The maximum absolute atomic E-state index is 11.8. The fraction of sp³-hybridized carbons (Fsp3) is 0.375. The highest BCUT2D eigenvalue weighted by Gasteiger charge is 2.04. The summed E-state index contributed by atoms with van der Waals surface area (Å²) < 4.78 is 1.98. The Hall–Kier alpha value is -1.46. The molecule has 1 amide bonds. The van der Waals surface area contributed by atoms with E-state index in [0.29, 0.717) is 17.3 Å².